The molecule has 0 fully saturated rings. The molecule has 1 N–H and O–H groups in total. The smallest absolute Gasteiger partial charge is 0.0878 e. The maximum atomic E-state index is 8.96. The van der Waals surface area contributed by atoms with E-state index in [-0.39, 0.29) is 6.61 Å². The average molecular weight is 235 g/mol. The molecular weight excluding hydrogens is 223 g/mol. The van der Waals surface area contributed by atoms with Crippen molar-refractivity contribution in [1.29, 1.82) is 0 Å². The van der Waals surface area contributed by atoms with Gasteiger partial charge in [0.2, 0.25) is 0 Å². The lowest BCUT2D eigenvalue weighted by atomic mass is 10.3. The summed E-state index contributed by atoms with van der Waals surface area (Å²) in [6.45, 7) is 0.553. The Balaban J connectivity index is 2.96. The van der Waals surface area contributed by atoms with Gasteiger partial charge >= 0.3 is 0 Å². The molecule has 14 heavy (non-hydrogen) atoms. The second-order valence-electron chi connectivity index (χ2n) is 2.86. The van der Waals surface area contributed by atoms with Crippen LogP contribution in [0.2, 0.25) is 5.02 Å². The minimum atomic E-state index is -0.151. The highest BCUT2D eigenvalue weighted by Gasteiger charge is 2.09. The number of nitrogens with zero attached hydrogens (tertiary/aromatic N) is 2. The van der Waals surface area contributed by atoms with E-state index in [0.717, 1.165) is 5.69 Å². The van der Waals surface area contributed by atoms with Gasteiger partial charge in [0.05, 0.1) is 23.0 Å². The van der Waals surface area contributed by atoms with Gasteiger partial charge < -0.3 is 10.0 Å². The van der Waals surface area contributed by atoms with Crippen molar-refractivity contribution >= 4 is 28.9 Å². The van der Waals surface area contributed by atoms with Crippen molar-refractivity contribution in [3.63, 3.8) is 0 Å². The molecular formula is C9H12Cl2N2O. The van der Waals surface area contributed by atoms with Gasteiger partial charge in [-0.05, 0) is 6.07 Å². The summed E-state index contributed by atoms with van der Waals surface area (Å²) in [7, 11) is 1.89. The molecule has 3 nitrogen and oxygen atoms in total. The summed E-state index contributed by atoms with van der Waals surface area (Å²) in [5.41, 5.74) is 1.33. The number of alkyl halides is 1. The molecule has 0 amide bonds. The summed E-state index contributed by atoms with van der Waals surface area (Å²) in [4.78, 5) is 5.89. The van der Waals surface area contributed by atoms with Crippen LogP contribution in [0.5, 0.6) is 0 Å². The van der Waals surface area contributed by atoms with Crippen molar-refractivity contribution in [1.82, 2.24) is 4.98 Å². The molecule has 0 bridgehead atoms. The van der Waals surface area contributed by atoms with Crippen molar-refractivity contribution in [2.45, 2.75) is 6.61 Å². The molecule has 0 saturated carbocycles. The van der Waals surface area contributed by atoms with Gasteiger partial charge in [-0.15, -0.1) is 11.6 Å². The summed E-state index contributed by atoms with van der Waals surface area (Å²) in [6.07, 6.45) is 1.62. The fourth-order valence-corrected chi connectivity index (χ4v) is 1.70. The van der Waals surface area contributed by atoms with Gasteiger partial charge in [-0.25, -0.2) is 0 Å². The van der Waals surface area contributed by atoms with Crippen molar-refractivity contribution < 1.29 is 5.11 Å². The Labute approximate surface area is 93.3 Å². The maximum absolute atomic E-state index is 8.96. The highest BCUT2D eigenvalue weighted by Crippen LogP contribution is 2.26. The van der Waals surface area contributed by atoms with Gasteiger partial charge in [-0.2, -0.15) is 0 Å². The molecule has 0 aromatic carbocycles. The van der Waals surface area contributed by atoms with Crippen molar-refractivity contribution in [3.8, 4) is 0 Å². The average Bonchev–Trinajstić information content (AvgIpc) is 2.18. The third-order valence-electron chi connectivity index (χ3n) is 1.92. The van der Waals surface area contributed by atoms with E-state index in [1.807, 2.05) is 11.9 Å². The van der Waals surface area contributed by atoms with Crippen LogP contribution >= 0.6 is 23.2 Å². The molecule has 1 aromatic heterocycles. The Hall–Kier alpha value is -0.510. The number of halogens is 2. The number of aromatic nitrogens is 1. The van der Waals surface area contributed by atoms with Crippen LogP contribution in [0.4, 0.5) is 5.69 Å². The van der Waals surface area contributed by atoms with Gasteiger partial charge in [0, 0.05) is 25.7 Å². The number of hydrogen-bond acceptors (Lipinski definition) is 3. The van der Waals surface area contributed by atoms with Crippen molar-refractivity contribution in [2.75, 3.05) is 24.4 Å². The zero-order valence-electron chi connectivity index (χ0n) is 7.87. The monoisotopic (exact) mass is 234 g/mol. The van der Waals surface area contributed by atoms with Crippen LogP contribution < -0.4 is 4.90 Å². The largest absolute Gasteiger partial charge is 0.390 e. The van der Waals surface area contributed by atoms with Gasteiger partial charge in [0.15, 0.2) is 0 Å². The summed E-state index contributed by atoms with van der Waals surface area (Å²) in [5.74, 6) is 0.531. The normalized spacial score (nSPS) is 10.3. The standard InChI is InChI=1S/C9H12Cl2N2O/c1-13(5-3-10)8-2-4-12-7(6-14)9(8)11/h2,4,14H,3,5-6H2,1H3. The fourth-order valence-electron chi connectivity index (χ4n) is 1.13. The Bertz CT molecular complexity index is 307. The lowest BCUT2D eigenvalue weighted by Gasteiger charge is -2.19. The fraction of sp³-hybridized carbons (Fsp3) is 0.444. The number of aliphatic hydroxyl groups is 1. The van der Waals surface area contributed by atoms with Gasteiger partial charge in [0.25, 0.3) is 0 Å². The van der Waals surface area contributed by atoms with Crippen LogP contribution in [0, 0.1) is 0 Å². The molecule has 0 atom stereocenters. The molecule has 0 spiro atoms. The quantitative estimate of drug-likeness (QED) is 0.809. The Morgan fingerprint density at radius 1 is 1.57 bits per heavy atom. The predicted octanol–water partition coefficient (Wildman–Crippen LogP) is 1.90. The summed E-state index contributed by atoms with van der Waals surface area (Å²) in [6, 6.07) is 1.80. The lowest BCUT2D eigenvalue weighted by molar-refractivity contribution is 0.277. The van der Waals surface area contributed by atoms with E-state index >= 15 is 0 Å². The Morgan fingerprint density at radius 2 is 2.29 bits per heavy atom. The van der Waals surface area contributed by atoms with Crippen LogP contribution in [-0.2, 0) is 6.61 Å². The molecule has 5 heteroatoms. The molecule has 0 radical (unpaired) electrons. The van der Waals surface area contributed by atoms with Gasteiger partial charge in [-0.3, -0.25) is 4.98 Å². The summed E-state index contributed by atoms with van der Waals surface area (Å²) in [5, 5.41) is 9.45. The zero-order chi connectivity index (χ0) is 10.6. The Morgan fingerprint density at radius 3 is 2.86 bits per heavy atom. The van der Waals surface area contributed by atoms with E-state index in [1.165, 1.54) is 0 Å². The maximum Gasteiger partial charge on any atom is 0.0878 e. The Kier molecular flexibility index (Phi) is 4.45. The molecule has 0 aliphatic carbocycles. The molecule has 0 aliphatic rings. The topological polar surface area (TPSA) is 36.4 Å². The SMILES string of the molecule is CN(CCCl)c1ccnc(CO)c1Cl. The first kappa shape index (κ1) is 11.6. The molecule has 1 rings (SSSR count). The third kappa shape index (κ3) is 2.50. The van der Waals surface area contributed by atoms with Crippen LogP contribution in [-0.4, -0.2) is 29.6 Å². The molecule has 0 unspecified atom stereocenters. The number of aliphatic hydroxyl groups excluding tert-OH is 1. The van der Waals surface area contributed by atoms with E-state index in [1.54, 1.807) is 12.3 Å². The second-order valence-corrected chi connectivity index (χ2v) is 3.62. The van der Waals surface area contributed by atoms with E-state index in [9.17, 15) is 0 Å². The van der Waals surface area contributed by atoms with E-state index < -0.39 is 0 Å². The van der Waals surface area contributed by atoms with E-state index in [4.69, 9.17) is 28.3 Å². The number of anilines is 1. The van der Waals surface area contributed by atoms with Gasteiger partial charge in [-0.1, -0.05) is 11.6 Å². The van der Waals surface area contributed by atoms with Crippen LogP contribution in [0.3, 0.4) is 0 Å². The molecule has 1 heterocycles. The van der Waals surface area contributed by atoms with Crippen molar-refractivity contribution in [2.24, 2.45) is 0 Å². The van der Waals surface area contributed by atoms with Crippen LogP contribution in [0.1, 0.15) is 5.69 Å². The number of pyridine rings is 1. The molecule has 78 valence electrons. The second kappa shape index (κ2) is 5.39. The van der Waals surface area contributed by atoms with Crippen LogP contribution in [0.15, 0.2) is 12.3 Å². The van der Waals surface area contributed by atoms with E-state index in [2.05, 4.69) is 4.98 Å². The van der Waals surface area contributed by atoms with Crippen molar-refractivity contribution in [3.05, 3.63) is 23.0 Å². The first-order chi connectivity index (χ1) is 6.70. The zero-order valence-corrected chi connectivity index (χ0v) is 9.39. The highest BCUT2D eigenvalue weighted by molar-refractivity contribution is 6.33. The minimum Gasteiger partial charge on any atom is -0.390 e. The minimum absolute atomic E-state index is 0.151. The summed E-state index contributed by atoms with van der Waals surface area (Å²) < 4.78 is 0. The molecule has 0 aliphatic heterocycles. The number of hydrogen-bond donors (Lipinski definition) is 1. The number of rotatable bonds is 4. The van der Waals surface area contributed by atoms with E-state index in [0.29, 0.717) is 23.1 Å². The van der Waals surface area contributed by atoms with Crippen LogP contribution in [0.25, 0.3) is 0 Å². The highest BCUT2D eigenvalue weighted by atomic mass is 35.5. The first-order valence-corrected chi connectivity index (χ1v) is 5.13. The third-order valence-corrected chi connectivity index (χ3v) is 2.50. The summed E-state index contributed by atoms with van der Waals surface area (Å²) >= 11 is 11.7. The predicted molar refractivity (Wildman–Crippen MR) is 59.2 cm³/mol. The molecule has 0 saturated heterocycles. The first-order valence-electron chi connectivity index (χ1n) is 4.22. The van der Waals surface area contributed by atoms with Gasteiger partial charge in [0.1, 0.15) is 0 Å². The molecule has 1 aromatic rings. The lowest BCUT2D eigenvalue weighted by Crippen LogP contribution is -2.20.